The van der Waals surface area contributed by atoms with Gasteiger partial charge in [0.1, 0.15) is 17.9 Å². The van der Waals surface area contributed by atoms with Gasteiger partial charge in [-0.1, -0.05) is 12.1 Å². The van der Waals surface area contributed by atoms with Gasteiger partial charge >= 0.3 is 0 Å². The van der Waals surface area contributed by atoms with E-state index in [-0.39, 0.29) is 6.04 Å². The minimum absolute atomic E-state index is 0.221. The topological polar surface area (TPSA) is 52.0 Å². The van der Waals surface area contributed by atoms with E-state index in [1.807, 2.05) is 26.2 Å². The maximum atomic E-state index is 5.16. The second-order valence-electron chi connectivity index (χ2n) is 4.12. The Bertz CT molecular complexity index is 492. The molecule has 1 N–H and O–H groups in total. The maximum absolute atomic E-state index is 5.16. The summed E-state index contributed by atoms with van der Waals surface area (Å²) in [6, 6.07) is 8.29. The van der Waals surface area contributed by atoms with Crippen molar-refractivity contribution in [1.29, 1.82) is 0 Å². The zero-order valence-corrected chi connectivity index (χ0v) is 10.9. The SMILES string of the molecule is CNC(Cc1ncnn1C)c1ccc(OC)cc1. The number of rotatable bonds is 5. The fourth-order valence-corrected chi connectivity index (χ4v) is 1.91. The second-order valence-corrected chi connectivity index (χ2v) is 4.12. The summed E-state index contributed by atoms with van der Waals surface area (Å²) in [5.74, 6) is 1.83. The minimum Gasteiger partial charge on any atom is -0.497 e. The standard InChI is InChI=1S/C13H18N4O/c1-14-12(8-13-15-9-16-17(13)2)10-4-6-11(18-3)7-5-10/h4-7,9,12,14H,8H2,1-3H3. The number of aromatic nitrogens is 3. The summed E-state index contributed by atoms with van der Waals surface area (Å²) in [6.07, 6.45) is 2.38. The molecule has 1 aromatic carbocycles. The van der Waals surface area contributed by atoms with E-state index < -0.39 is 0 Å². The maximum Gasteiger partial charge on any atom is 0.138 e. The average Bonchev–Trinajstić information content (AvgIpc) is 2.81. The first-order valence-electron chi connectivity index (χ1n) is 5.88. The van der Waals surface area contributed by atoms with Crippen molar-refractivity contribution in [2.75, 3.05) is 14.2 Å². The predicted octanol–water partition coefficient (Wildman–Crippen LogP) is 1.33. The third kappa shape index (κ3) is 2.68. The van der Waals surface area contributed by atoms with Crippen LogP contribution in [-0.2, 0) is 13.5 Å². The first-order chi connectivity index (χ1) is 8.74. The van der Waals surface area contributed by atoms with Gasteiger partial charge in [0, 0.05) is 19.5 Å². The van der Waals surface area contributed by atoms with Gasteiger partial charge < -0.3 is 10.1 Å². The molecular weight excluding hydrogens is 228 g/mol. The second kappa shape index (κ2) is 5.64. The lowest BCUT2D eigenvalue weighted by Gasteiger charge is -2.16. The summed E-state index contributed by atoms with van der Waals surface area (Å²) < 4.78 is 6.96. The van der Waals surface area contributed by atoms with Crippen LogP contribution in [0.5, 0.6) is 5.75 Å². The van der Waals surface area contributed by atoms with Gasteiger partial charge in [-0.3, -0.25) is 4.68 Å². The molecule has 0 radical (unpaired) electrons. The molecule has 0 aliphatic carbocycles. The van der Waals surface area contributed by atoms with Crippen LogP contribution in [0.3, 0.4) is 0 Å². The summed E-state index contributed by atoms with van der Waals surface area (Å²) in [5.41, 5.74) is 1.21. The molecule has 0 saturated heterocycles. The highest BCUT2D eigenvalue weighted by atomic mass is 16.5. The molecule has 0 bridgehead atoms. The Kier molecular flexibility index (Phi) is 3.94. The molecule has 0 fully saturated rings. The Morgan fingerprint density at radius 3 is 2.56 bits per heavy atom. The van der Waals surface area contributed by atoms with Gasteiger partial charge in [-0.05, 0) is 24.7 Å². The van der Waals surface area contributed by atoms with Crippen LogP contribution in [0.4, 0.5) is 0 Å². The molecule has 2 aromatic rings. The molecule has 0 aliphatic rings. The predicted molar refractivity (Wildman–Crippen MR) is 69.5 cm³/mol. The van der Waals surface area contributed by atoms with Gasteiger partial charge in [0.05, 0.1) is 7.11 Å². The molecule has 1 unspecified atom stereocenters. The Labute approximate surface area is 107 Å². The van der Waals surface area contributed by atoms with Crippen molar-refractivity contribution in [2.45, 2.75) is 12.5 Å². The lowest BCUT2D eigenvalue weighted by molar-refractivity contribution is 0.414. The first kappa shape index (κ1) is 12.6. The molecule has 1 aromatic heterocycles. The molecule has 2 rings (SSSR count). The molecular formula is C13H18N4O. The van der Waals surface area contributed by atoms with Crippen molar-refractivity contribution < 1.29 is 4.74 Å². The highest BCUT2D eigenvalue weighted by molar-refractivity contribution is 5.29. The molecule has 0 aliphatic heterocycles. The molecule has 0 amide bonds. The van der Waals surface area contributed by atoms with E-state index in [0.717, 1.165) is 18.0 Å². The highest BCUT2D eigenvalue weighted by Crippen LogP contribution is 2.20. The minimum atomic E-state index is 0.221. The van der Waals surface area contributed by atoms with Crippen LogP contribution < -0.4 is 10.1 Å². The van der Waals surface area contributed by atoms with E-state index >= 15 is 0 Å². The summed E-state index contributed by atoms with van der Waals surface area (Å²) in [7, 11) is 5.53. The number of likely N-dealkylation sites (N-methyl/N-ethyl adjacent to an activating group) is 1. The van der Waals surface area contributed by atoms with Gasteiger partial charge in [-0.25, -0.2) is 4.98 Å². The van der Waals surface area contributed by atoms with E-state index in [0.29, 0.717) is 0 Å². The number of nitrogens with one attached hydrogen (secondary N) is 1. The third-order valence-corrected chi connectivity index (χ3v) is 3.06. The number of hydrogen-bond acceptors (Lipinski definition) is 4. The quantitative estimate of drug-likeness (QED) is 0.864. The average molecular weight is 246 g/mol. The Morgan fingerprint density at radius 1 is 1.33 bits per heavy atom. The molecule has 96 valence electrons. The van der Waals surface area contributed by atoms with Crippen molar-refractivity contribution >= 4 is 0 Å². The molecule has 0 saturated carbocycles. The van der Waals surface area contributed by atoms with Gasteiger partial charge in [0.2, 0.25) is 0 Å². The molecule has 5 nitrogen and oxygen atoms in total. The Hall–Kier alpha value is -1.88. The largest absolute Gasteiger partial charge is 0.497 e. The normalized spacial score (nSPS) is 12.4. The molecule has 1 atom stereocenters. The molecule has 18 heavy (non-hydrogen) atoms. The number of ether oxygens (including phenoxy) is 1. The van der Waals surface area contributed by atoms with Gasteiger partial charge in [0.15, 0.2) is 0 Å². The Morgan fingerprint density at radius 2 is 2.06 bits per heavy atom. The van der Waals surface area contributed by atoms with E-state index in [1.54, 1.807) is 18.1 Å². The molecule has 1 heterocycles. The van der Waals surface area contributed by atoms with Crippen molar-refractivity contribution in [2.24, 2.45) is 7.05 Å². The van der Waals surface area contributed by atoms with Crippen LogP contribution in [0, 0.1) is 0 Å². The van der Waals surface area contributed by atoms with E-state index in [4.69, 9.17) is 4.74 Å². The van der Waals surface area contributed by atoms with Gasteiger partial charge in [-0.2, -0.15) is 5.10 Å². The summed E-state index contributed by atoms with van der Waals surface area (Å²) in [5, 5.41) is 7.38. The van der Waals surface area contributed by atoms with Crippen LogP contribution in [0.15, 0.2) is 30.6 Å². The molecule has 0 spiro atoms. The lowest BCUT2D eigenvalue weighted by atomic mass is 10.0. The number of hydrogen-bond donors (Lipinski definition) is 1. The van der Waals surface area contributed by atoms with E-state index in [1.165, 1.54) is 5.56 Å². The Balaban J connectivity index is 2.15. The zero-order chi connectivity index (χ0) is 13.0. The van der Waals surface area contributed by atoms with Crippen molar-refractivity contribution in [1.82, 2.24) is 20.1 Å². The third-order valence-electron chi connectivity index (χ3n) is 3.06. The summed E-state index contributed by atoms with van der Waals surface area (Å²) in [4.78, 5) is 4.25. The van der Waals surface area contributed by atoms with Crippen LogP contribution >= 0.6 is 0 Å². The van der Waals surface area contributed by atoms with Crippen LogP contribution in [-0.4, -0.2) is 28.9 Å². The van der Waals surface area contributed by atoms with Gasteiger partial charge in [0.25, 0.3) is 0 Å². The highest BCUT2D eigenvalue weighted by Gasteiger charge is 2.13. The van der Waals surface area contributed by atoms with Crippen LogP contribution in [0.2, 0.25) is 0 Å². The molecule has 5 heteroatoms. The fourth-order valence-electron chi connectivity index (χ4n) is 1.91. The smallest absolute Gasteiger partial charge is 0.138 e. The van der Waals surface area contributed by atoms with Crippen LogP contribution in [0.25, 0.3) is 0 Å². The first-order valence-corrected chi connectivity index (χ1v) is 5.88. The van der Waals surface area contributed by atoms with Crippen molar-refractivity contribution in [3.05, 3.63) is 42.0 Å². The number of benzene rings is 1. The van der Waals surface area contributed by atoms with Crippen molar-refractivity contribution in [3.8, 4) is 5.75 Å². The number of methoxy groups -OCH3 is 1. The van der Waals surface area contributed by atoms with Crippen LogP contribution in [0.1, 0.15) is 17.4 Å². The summed E-state index contributed by atoms with van der Waals surface area (Å²) >= 11 is 0. The lowest BCUT2D eigenvalue weighted by Crippen LogP contribution is -2.20. The van der Waals surface area contributed by atoms with E-state index in [2.05, 4.69) is 27.5 Å². The zero-order valence-electron chi connectivity index (χ0n) is 10.9. The summed E-state index contributed by atoms with van der Waals surface area (Å²) in [6.45, 7) is 0. The number of nitrogens with zero attached hydrogens (tertiary/aromatic N) is 3. The van der Waals surface area contributed by atoms with Gasteiger partial charge in [-0.15, -0.1) is 0 Å². The van der Waals surface area contributed by atoms with Crippen molar-refractivity contribution in [3.63, 3.8) is 0 Å². The number of aryl methyl sites for hydroxylation is 1. The fraction of sp³-hybridized carbons (Fsp3) is 0.385. The monoisotopic (exact) mass is 246 g/mol. The van der Waals surface area contributed by atoms with E-state index in [9.17, 15) is 0 Å².